The van der Waals surface area contributed by atoms with Gasteiger partial charge in [-0.25, -0.2) is 8.78 Å². The van der Waals surface area contributed by atoms with Crippen LogP contribution in [-0.2, 0) is 4.74 Å². The number of ether oxygens (including phenoxy) is 1. The van der Waals surface area contributed by atoms with Crippen molar-refractivity contribution in [2.75, 3.05) is 13.2 Å². The van der Waals surface area contributed by atoms with E-state index in [1.54, 1.807) is 6.92 Å². The molecule has 1 atom stereocenters. The van der Waals surface area contributed by atoms with Gasteiger partial charge in [-0.2, -0.15) is 0 Å². The van der Waals surface area contributed by atoms with Crippen molar-refractivity contribution >= 4 is 0 Å². The highest BCUT2D eigenvalue weighted by Gasteiger charge is 2.28. The molecular formula is C13H16F2O2. The van der Waals surface area contributed by atoms with E-state index in [-0.39, 0.29) is 11.5 Å². The quantitative estimate of drug-likeness (QED) is 0.864. The Morgan fingerprint density at radius 3 is 2.59 bits per heavy atom. The van der Waals surface area contributed by atoms with Gasteiger partial charge in [0.05, 0.1) is 11.7 Å². The monoisotopic (exact) mass is 242 g/mol. The lowest BCUT2D eigenvalue weighted by atomic mass is 9.88. The van der Waals surface area contributed by atoms with Gasteiger partial charge in [-0.15, -0.1) is 0 Å². The maximum atomic E-state index is 13.8. The van der Waals surface area contributed by atoms with E-state index in [0.29, 0.717) is 31.6 Å². The van der Waals surface area contributed by atoms with Gasteiger partial charge in [0.15, 0.2) is 0 Å². The Bertz CT molecular complexity index is 401. The summed E-state index contributed by atoms with van der Waals surface area (Å²) in [5.41, 5.74) is 0.157. The number of rotatable bonds is 2. The van der Waals surface area contributed by atoms with E-state index in [1.807, 2.05) is 0 Å². The van der Waals surface area contributed by atoms with Crippen molar-refractivity contribution < 1.29 is 18.6 Å². The number of aliphatic hydroxyl groups excluding tert-OH is 1. The summed E-state index contributed by atoms with van der Waals surface area (Å²) in [7, 11) is 0. The highest BCUT2D eigenvalue weighted by Crippen LogP contribution is 2.33. The SMILES string of the molecule is Cc1ccc(F)c(C(O)C2CCOCC2)c1F. The Labute approximate surface area is 99.2 Å². The summed E-state index contributed by atoms with van der Waals surface area (Å²) >= 11 is 0. The zero-order chi connectivity index (χ0) is 12.4. The summed E-state index contributed by atoms with van der Waals surface area (Å²) in [5.74, 6) is -1.44. The Kier molecular flexibility index (Phi) is 3.74. The van der Waals surface area contributed by atoms with Crippen molar-refractivity contribution in [2.45, 2.75) is 25.9 Å². The van der Waals surface area contributed by atoms with E-state index < -0.39 is 17.7 Å². The third kappa shape index (κ3) is 2.48. The average molecular weight is 242 g/mol. The number of hydrogen-bond donors (Lipinski definition) is 1. The molecule has 1 saturated heterocycles. The molecule has 0 radical (unpaired) electrons. The first-order valence-electron chi connectivity index (χ1n) is 5.81. The molecule has 0 bridgehead atoms. The van der Waals surface area contributed by atoms with Crippen LogP contribution in [-0.4, -0.2) is 18.3 Å². The third-order valence-electron chi connectivity index (χ3n) is 3.33. The second-order valence-electron chi connectivity index (χ2n) is 4.49. The van der Waals surface area contributed by atoms with E-state index in [1.165, 1.54) is 12.1 Å². The molecule has 1 heterocycles. The van der Waals surface area contributed by atoms with Crippen LogP contribution in [0.1, 0.15) is 30.1 Å². The minimum absolute atomic E-state index is 0.130. The van der Waals surface area contributed by atoms with Crippen molar-refractivity contribution in [1.29, 1.82) is 0 Å². The van der Waals surface area contributed by atoms with Gasteiger partial charge >= 0.3 is 0 Å². The Balaban J connectivity index is 2.29. The van der Waals surface area contributed by atoms with Crippen molar-refractivity contribution in [3.8, 4) is 0 Å². The number of aliphatic hydroxyl groups is 1. The molecular weight excluding hydrogens is 226 g/mol. The van der Waals surface area contributed by atoms with Gasteiger partial charge in [0.2, 0.25) is 0 Å². The predicted molar refractivity (Wildman–Crippen MR) is 59.6 cm³/mol. The van der Waals surface area contributed by atoms with Crippen molar-refractivity contribution in [3.63, 3.8) is 0 Å². The molecule has 1 aliphatic rings. The largest absolute Gasteiger partial charge is 0.388 e. The highest BCUT2D eigenvalue weighted by molar-refractivity contribution is 5.28. The normalized spacial score (nSPS) is 19.3. The first kappa shape index (κ1) is 12.5. The second kappa shape index (κ2) is 5.10. The third-order valence-corrected chi connectivity index (χ3v) is 3.33. The van der Waals surface area contributed by atoms with E-state index in [9.17, 15) is 13.9 Å². The molecule has 0 spiro atoms. The topological polar surface area (TPSA) is 29.5 Å². The summed E-state index contributed by atoms with van der Waals surface area (Å²) in [5, 5.41) is 10.1. The van der Waals surface area contributed by atoms with E-state index in [0.717, 1.165) is 0 Å². The molecule has 0 aliphatic carbocycles. The van der Waals surface area contributed by atoms with Crippen molar-refractivity contribution in [2.24, 2.45) is 5.92 Å². The van der Waals surface area contributed by atoms with Gasteiger partial charge in [-0.3, -0.25) is 0 Å². The van der Waals surface area contributed by atoms with Gasteiger partial charge in [0.25, 0.3) is 0 Å². The van der Waals surface area contributed by atoms with Crippen LogP contribution in [0.2, 0.25) is 0 Å². The Morgan fingerprint density at radius 2 is 1.94 bits per heavy atom. The number of halogens is 2. The fourth-order valence-electron chi connectivity index (χ4n) is 2.22. The highest BCUT2D eigenvalue weighted by atomic mass is 19.1. The standard InChI is InChI=1S/C13H16F2O2/c1-8-2-3-10(14)11(12(8)15)13(16)9-4-6-17-7-5-9/h2-3,9,13,16H,4-7H2,1H3. The molecule has 1 aromatic carbocycles. The lowest BCUT2D eigenvalue weighted by molar-refractivity contribution is 0.00446. The summed E-state index contributed by atoms with van der Waals surface area (Å²) in [6.07, 6.45) is 0.181. The van der Waals surface area contributed by atoms with Crippen LogP contribution >= 0.6 is 0 Å². The summed E-state index contributed by atoms with van der Waals surface area (Å²) in [6, 6.07) is 2.58. The number of benzene rings is 1. The first-order chi connectivity index (χ1) is 8.11. The van der Waals surface area contributed by atoms with Crippen LogP contribution in [0.5, 0.6) is 0 Å². The summed E-state index contributed by atoms with van der Waals surface area (Å²) in [6.45, 7) is 2.64. The molecule has 17 heavy (non-hydrogen) atoms. The molecule has 94 valence electrons. The summed E-state index contributed by atoms with van der Waals surface area (Å²) < 4.78 is 32.6. The van der Waals surface area contributed by atoms with Crippen LogP contribution in [0, 0.1) is 24.5 Å². The second-order valence-corrected chi connectivity index (χ2v) is 4.49. The van der Waals surface area contributed by atoms with Crippen molar-refractivity contribution in [1.82, 2.24) is 0 Å². The lowest BCUT2D eigenvalue weighted by Crippen LogP contribution is -2.23. The number of hydrogen-bond acceptors (Lipinski definition) is 2. The maximum absolute atomic E-state index is 13.8. The number of aryl methyl sites for hydroxylation is 1. The Morgan fingerprint density at radius 1 is 1.29 bits per heavy atom. The van der Waals surface area contributed by atoms with Crippen LogP contribution in [0.15, 0.2) is 12.1 Å². The minimum atomic E-state index is -1.08. The van der Waals surface area contributed by atoms with Gasteiger partial charge in [0.1, 0.15) is 11.6 Å². The van der Waals surface area contributed by atoms with Gasteiger partial charge in [0, 0.05) is 13.2 Å². The maximum Gasteiger partial charge on any atom is 0.134 e. The van der Waals surface area contributed by atoms with Gasteiger partial charge in [-0.05, 0) is 37.3 Å². The molecule has 4 heteroatoms. The smallest absolute Gasteiger partial charge is 0.134 e. The van der Waals surface area contributed by atoms with Crippen LogP contribution in [0.4, 0.5) is 8.78 Å². The first-order valence-corrected chi connectivity index (χ1v) is 5.81. The molecule has 2 rings (SSSR count). The molecule has 0 amide bonds. The zero-order valence-corrected chi connectivity index (χ0v) is 9.75. The molecule has 1 unspecified atom stereocenters. The fourth-order valence-corrected chi connectivity index (χ4v) is 2.22. The zero-order valence-electron chi connectivity index (χ0n) is 9.75. The average Bonchev–Trinajstić information content (AvgIpc) is 2.35. The fraction of sp³-hybridized carbons (Fsp3) is 0.538. The van der Waals surface area contributed by atoms with Crippen LogP contribution < -0.4 is 0 Å². The molecule has 1 fully saturated rings. The molecule has 2 nitrogen and oxygen atoms in total. The Hall–Kier alpha value is -1.00. The van der Waals surface area contributed by atoms with E-state index >= 15 is 0 Å². The van der Waals surface area contributed by atoms with Gasteiger partial charge in [-0.1, -0.05) is 6.07 Å². The lowest BCUT2D eigenvalue weighted by Gasteiger charge is -2.27. The molecule has 1 aromatic rings. The molecule has 1 N–H and O–H groups in total. The van der Waals surface area contributed by atoms with Gasteiger partial charge < -0.3 is 9.84 Å². The molecule has 1 aliphatic heterocycles. The summed E-state index contributed by atoms with van der Waals surface area (Å²) in [4.78, 5) is 0. The van der Waals surface area contributed by atoms with E-state index in [4.69, 9.17) is 4.74 Å². The minimum Gasteiger partial charge on any atom is -0.388 e. The van der Waals surface area contributed by atoms with Crippen LogP contribution in [0.25, 0.3) is 0 Å². The van der Waals surface area contributed by atoms with Crippen LogP contribution in [0.3, 0.4) is 0 Å². The molecule has 0 saturated carbocycles. The predicted octanol–water partition coefficient (Wildman–Crippen LogP) is 2.73. The van der Waals surface area contributed by atoms with Crippen molar-refractivity contribution in [3.05, 3.63) is 34.9 Å². The molecule has 0 aromatic heterocycles. The van der Waals surface area contributed by atoms with E-state index in [2.05, 4.69) is 0 Å².